The van der Waals surface area contributed by atoms with Crippen LogP contribution in [0.15, 0.2) is 0 Å². The van der Waals surface area contributed by atoms with Crippen molar-refractivity contribution in [1.82, 2.24) is 4.90 Å². The number of morpholine rings is 1. The summed E-state index contributed by atoms with van der Waals surface area (Å²) < 4.78 is 10.5. The third-order valence-electron chi connectivity index (χ3n) is 2.98. The number of primary amides is 1. The molecule has 0 aliphatic carbocycles. The Labute approximate surface area is 103 Å². The first-order valence-electron chi connectivity index (χ1n) is 6.29. The monoisotopic (exact) mass is 244 g/mol. The summed E-state index contributed by atoms with van der Waals surface area (Å²) in [4.78, 5) is 13.4. The highest BCUT2D eigenvalue weighted by atomic mass is 16.5. The smallest absolute Gasteiger partial charge is 0.247 e. The standard InChI is InChI=1S/C12H24N2O3/c1-10-8-14(6-4-3-5-7-16-2)9-11(17-10)12(13)15/h10-11H,3-9H2,1-2H3,(H2,13,15)/t10-,11-/m1/s1. The van der Waals surface area contributed by atoms with Crippen LogP contribution in [0.4, 0.5) is 0 Å². The second-order valence-electron chi connectivity index (χ2n) is 4.65. The highest BCUT2D eigenvalue weighted by Crippen LogP contribution is 2.12. The molecule has 0 spiro atoms. The molecule has 2 N–H and O–H groups in total. The third kappa shape index (κ3) is 5.48. The number of methoxy groups -OCH3 is 1. The Morgan fingerprint density at radius 2 is 2.18 bits per heavy atom. The van der Waals surface area contributed by atoms with E-state index >= 15 is 0 Å². The molecule has 1 rings (SSSR count). The Hall–Kier alpha value is -0.650. The van der Waals surface area contributed by atoms with Gasteiger partial charge in [0.15, 0.2) is 0 Å². The van der Waals surface area contributed by atoms with Gasteiger partial charge in [0.25, 0.3) is 0 Å². The number of nitrogens with two attached hydrogens (primary N) is 1. The van der Waals surface area contributed by atoms with Gasteiger partial charge in [-0.15, -0.1) is 0 Å². The molecule has 100 valence electrons. The summed E-state index contributed by atoms with van der Waals surface area (Å²) in [5, 5.41) is 0. The third-order valence-corrected chi connectivity index (χ3v) is 2.98. The van der Waals surface area contributed by atoms with E-state index in [2.05, 4.69) is 4.90 Å². The van der Waals surface area contributed by atoms with E-state index in [-0.39, 0.29) is 12.0 Å². The van der Waals surface area contributed by atoms with Gasteiger partial charge in [-0.1, -0.05) is 0 Å². The van der Waals surface area contributed by atoms with Gasteiger partial charge in [-0.2, -0.15) is 0 Å². The van der Waals surface area contributed by atoms with Crippen molar-refractivity contribution >= 4 is 5.91 Å². The Morgan fingerprint density at radius 1 is 1.41 bits per heavy atom. The number of amides is 1. The van der Waals surface area contributed by atoms with Crippen LogP contribution in [0.5, 0.6) is 0 Å². The molecule has 1 fully saturated rings. The summed E-state index contributed by atoms with van der Waals surface area (Å²) >= 11 is 0. The van der Waals surface area contributed by atoms with Crippen LogP contribution >= 0.6 is 0 Å². The van der Waals surface area contributed by atoms with Crippen molar-refractivity contribution in [3.05, 3.63) is 0 Å². The molecular formula is C12H24N2O3. The molecule has 1 amide bonds. The zero-order chi connectivity index (χ0) is 12.7. The predicted molar refractivity (Wildman–Crippen MR) is 65.7 cm³/mol. The van der Waals surface area contributed by atoms with Crippen LogP contribution in [-0.4, -0.2) is 56.4 Å². The molecule has 2 atom stereocenters. The van der Waals surface area contributed by atoms with Crippen molar-refractivity contribution in [3.63, 3.8) is 0 Å². The van der Waals surface area contributed by atoms with E-state index in [0.717, 1.165) is 39.0 Å². The van der Waals surface area contributed by atoms with Crippen molar-refractivity contribution in [3.8, 4) is 0 Å². The fraction of sp³-hybridized carbons (Fsp3) is 0.917. The van der Waals surface area contributed by atoms with Gasteiger partial charge in [0.05, 0.1) is 6.10 Å². The van der Waals surface area contributed by atoms with Crippen LogP contribution in [0.25, 0.3) is 0 Å². The van der Waals surface area contributed by atoms with Crippen LogP contribution in [0.1, 0.15) is 26.2 Å². The first-order valence-corrected chi connectivity index (χ1v) is 6.29. The maximum Gasteiger partial charge on any atom is 0.247 e. The number of hydrogen-bond acceptors (Lipinski definition) is 4. The lowest BCUT2D eigenvalue weighted by Gasteiger charge is -2.35. The van der Waals surface area contributed by atoms with E-state index in [1.807, 2.05) is 6.92 Å². The van der Waals surface area contributed by atoms with Gasteiger partial charge in [-0.05, 0) is 32.7 Å². The van der Waals surface area contributed by atoms with E-state index in [4.69, 9.17) is 15.2 Å². The minimum absolute atomic E-state index is 0.0835. The number of nitrogens with zero attached hydrogens (tertiary/aromatic N) is 1. The van der Waals surface area contributed by atoms with E-state index in [9.17, 15) is 4.79 Å². The highest BCUT2D eigenvalue weighted by molar-refractivity contribution is 5.79. The lowest BCUT2D eigenvalue weighted by molar-refractivity contribution is -0.142. The average molecular weight is 244 g/mol. The van der Waals surface area contributed by atoms with Gasteiger partial charge in [0.1, 0.15) is 6.10 Å². The Kier molecular flexibility index (Phi) is 6.47. The van der Waals surface area contributed by atoms with Crippen LogP contribution < -0.4 is 5.73 Å². The molecule has 17 heavy (non-hydrogen) atoms. The fourth-order valence-electron chi connectivity index (χ4n) is 2.14. The lowest BCUT2D eigenvalue weighted by Crippen LogP contribution is -2.51. The number of rotatable bonds is 7. The van der Waals surface area contributed by atoms with Crippen LogP contribution in [-0.2, 0) is 14.3 Å². The van der Waals surface area contributed by atoms with E-state index in [1.165, 1.54) is 0 Å². The summed E-state index contributed by atoms with van der Waals surface area (Å²) in [6.45, 7) is 5.32. The quantitative estimate of drug-likeness (QED) is 0.657. The van der Waals surface area contributed by atoms with Gasteiger partial charge < -0.3 is 15.2 Å². The number of hydrogen-bond donors (Lipinski definition) is 1. The summed E-state index contributed by atoms with van der Waals surface area (Å²) in [5.74, 6) is -0.360. The first kappa shape index (κ1) is 14.4. The number of carbonyl (C=O) groups is 1. The summed E-state index contributed by atoms with van der Waals surface area (Å²) in [6.07, 6.45) is 3.01. The van der Waals surface area contributed by atoms with Gasteiger partial charge >= 0.3 is 0 Å². The SMILES string of the molecule is COCCCCCN1C[C@@H](C)O[C@@H](C(N)=O)C1. The second kappa shape index (κ2) is 7.63. The van der Waals surface area contributed by atoms with Gasteiger partial charge in [0.2, 0.25) is 5.91 Å². The molecule has 0 unspecified atom stereocenters. The molecule has 1 aliphatic rings. The van der Waals surface area contributed by atoms with Gasteiger partial charge in [-0.3, -0.25) is 9.69 Å². The Bertz CT molecular complexity index is 236. The molecular weight excluding hydrogens is 220 g/mol. The minimum atomic E-state index is -0.447. The second-order valence-corrected chi connectivity index (χ2v) is 4.65. The van der Waals surface area contributed by atoms with E-state index < -0.39 is 6.10 Å². The van der Waals surface area contributed by atoms with Crippen LogP contribution in [0.2, 0.25) is 0 Å². The molecule has 1 heterocycles. The minimum Gasteiger partial charge on any atom is -0.385 e. The summed E-state index contributed by atoms with van der Waals surface area (Å²) in [5.41, 5.74) is 5.28. The molecule has 1 aliphatic heterocycles. The van der Waals surface area contributed by atoms with Gasteiger partial charge in [0, 0.05) is 26.8 Å². The molecule has 0 aromatic rings. The van der Waals surface area contributed by atoms with Gasteiger partial charge in [-0.25, -0.2) is 0 Å². The summed E-state index contributed by atoms with van der Waals surface area (Å²) in [7, 11) is 1.72. The fourth-order valence-corrected chi connectivity index (χ4v) is 2.14. The first-order chi connectivity index (χ1) is 8.13. The number of ether oxygens (including phenoxy) is 2. The molecule has 0 aromatic heterocycles. The van der Waals surface area contributed by atoms with E-state index in [0.29, 0.717) is 6.54 Å². The van der Waals surface area contributed by atoms with Crippen molar-refractivity contribution in [2.45, 2.75) is 38.4 Å². The van der Waals surface area contributed by atoms with E-state index in [1.54, 1.807) is 7.11 Å². The van der Waals surface area contributed by atoms with Crippen molar-refractivity contribution in [2.75, 3.05) is 33.4 Å². The highest BCUT2D eigenvalue weighted by Gasteiger charge is 2.28. The van der Waals surface area contributed by atoms with Crippen LogP contribution in [0, 0.1) is 0 Å². The molecule has 0 bridgehead atoms. The molecule has 5 heteroatoms. The normalized spacial score (nSPS) is 26.0. The van der Waals surface area contributed by atoms with Crippen molar-refractivity contribution in [2.24, 2.45) is 5.73 Å². The topological polar surface area (TPSA) is 64.8 Å². The average Bonchev–Trinajstić information content (AvgIpc) is 2.28. The lowest BCUT2D eigenvalue weighted by atomic mass is 10.1. The number of unbranched alkanes of at least 4 members (excludes halogenated alkanes) is 2. The zero-order valence-corrected chi connectivity index (χ0v) is 10.9. The molecule has 1 saturated heterocycles. The Balaban J connectivity index is 2.21. The molecule has 5 nitrogen and oxygen atoms in total. The molecule has 0 radical (unpaired) electrons. The predicted octanol–water partition coefficient (Wildman–Crippen LogP) is 0.378. The zero-order valence-electron chi connectivity index (χ0n) is 10.9. The largest absolute Gasteiger partial charge is 0.385 e. The maximum atomic E-state index is 11.1. The number of carbonyl (C=O) groups excluding carboxylic acids is 1. The summed E-state index contributed by atoms with van der Waals surface area (Å²) in [6, 6.07) is 0. The molecule has 0 saturated carbocycles. The Morgan fingerprint density at radius 3 is 2.82 bits per heavy atom. The maximum absolute atomic E-state index is 11.1. The van der Waals surface area contributed by atoms with Crippen molar-refractivity contribution < 1.29 is 14.3 Å². The van der Waals surface area contributed by atoms with Crippen LogP contribution in [0.3, 0.4) is 0 Å². The molecule has 0 aromatic carbocycles. The van der Waals surface area contributed by atoms with Crippen molar-refractivity contribution in [1.29, 1.82) is 0 Å².